The van der Waals surface area contributed by atoms with Gasteiger partial charge in [0.2, 0.25) is 5.95 Å². The number of hydrogen-bond acceptors (Lipinski definition) is 3. The van der Waals surface area contributed by atoms with Crippen molar-refractivity contribution in [2.24, 2.45) is 0 Å². The van der Waals surface area contributed by atoms with Gasteiger partial charge in [0.25, 0.3) is 0 Å². The third-order valence-corrected chi connectivity index (χ3v) is 8.94. The molecule has 45 heavy (non-hydrogen) atoms. The molecule has 0 spiro atoms. The van der Waals surface area contributed by atoms with Crippen molar-refractivity contribution in [3.8, 4) is 22.9 Å². The number of fused-ring (bicyclic) bond motifs is 9. The second kappa shape index (κ2) is 9.15. The van der Waals surface area contributed by atoms with Gasteiger partial charge < -0.3 is 8.98 Å². The monoisotopic (exact) mass is 576 g/mol. The fourth-order valence-corrected chi connectivity index (χ4v) is 6.97. The van der Waals surface area contributed by atoms with Gasteiger partial charge in [-0.25, -0.2) is 9.97 Å². The van der Waals surface area contributed by atoms with E-state index in [0.29, 0.717) is 11.5 Å². The first-order chi connectivity index (χ1) is 22.3. The van der Waals surface area contributed by atoms with Crippen LogP contribution in [0.1, 0.15) is 0 Å². The fourth-order valence-electron chi connectivity index (χ4n) is 6.97. The molecule has 5 heteroatoms. The van der Waals surface area contributed by atoms with E-state index in [9.17, 15) is 0 Å². The normalized spacial score (nSPS) is 12.0. The third-order valence-electron chi connectivity index (χ3n) is 8.94. The van der Waals surface area contributed by atoms with E-state index < -0.39 is 0 Å². The van der Waals surface area contributed by atoms with Crippen LogP contribution in [-0.4, -0.2) is 19.1 Å². The zero-order chi connectivity index (χ0) is 29.5. The van der Waals surface area contributed by atoms with Crippen molar-refractivity contribution < 1.29 is 4.42 Å². The van der Waals surface area contributed by atoms with E-state index >= 15 is 0 Å². The van der Waals surface area contributed by atoms with Gasteiger partial charge in [-0.1, -0.05) is 97.1 Å². The molecule has 0 N–H and O–H groups in total. The van der Waals surface area contributed by atoms with Crippen molar-refractivity contribution in [1.82, 2.24) is 19.1 Å². The van der Waals surface area contributed by atoms with Crippen LogP contribution in [-0.2, 0) is 0 Å². The van der Waals surface area contributed by atoms with E-state index in [1.165, 1.54) is 16.3 Å². The topological polar surface area (TPSA) is 48.8 Å². The van der Waals surface area contributed by atoms with Crippen LogP contribution in [0.4, 0.5) is 0 Å². The minimum atomic E-state index is 0.612. The average Bonchev–Trinajstić information content (AvgIpc) is 3.75. The summed E-state index contributed by atoms with van der Waals surface area (Å²) in [5.41, 5.74) is 9.60. The molecule has 0 unspecified atom stereocenters. The first-order valence-electron chi connectivity index (χ1n) is 15.1. The van der Waals surface area contributed by atoms with Gasteiger partial charge in [0.1, 0.15) is 16.8 Å². The molecule has 0 saturated heterocycles. The molecule has 10 aromatic rings. The van der Waals surface area contributed by atoms with Gasteiger partial charge in [0.15, 0.2) is 5.58 Å². The van der Waals surface area contributed by atoms with Crippen LogP contribution in [0.25, 0.3) is 88.6 Å². The van der Waals surface area contributed by atoms with Gasteiger partial charge in [-0.2, -0.15) is 0 Å². The molecular formula is C40H24N4O. The van der Waals surface area contributed by atoms with Crippen molar-refractivity contribution in [3.05, 3.63) is 146 Å². The molecular weight excluding hydrogens is 552 g/mol. The van der Waals surface area contributed by atoms with E-state index in [-0.39, 0.29) is 0 Å². The van der Waals surface area contributed by atoms with Gasteiger partial charge in [-0.3, -0.25) is 4.57 Å². The lowest BCUT2D eigenvalue weighted by molar-refractivity contribution is 0.666. The maximum atomic E-state index is 6.40. The second-order valence-corrected chi connectivity index (χ2v) is 11.4. The summed E-state index contributed by atoms with van der Waals surface area (Å²) in [6.45, 7) is 0. The van der Waals surface area contributed by atoms with E-state index in [1.54, 1.807) is 0 Å². The van der Waals surface area contributed by atoms with Crippen LogP contribution < -0.4 is 0 Å². The van der Waals surface area contributed by atoms with Crippen molar-refractivity contribution >= 4 is 65.7 Å². The molecule has 0 bridgehead atoms. The van der Waals surface area contributed by atoms with Crippen LogP contribution in [0.3, 0.4) is 0 Å². The molecule has 0 fully saturated rings. The minimum absolute atomic E-state index is 0.612. The maximum absolute atomic E-state index is 6.40. The Labute approximate surface area is 257 Å². The van der Waals surface area contributed by atoms with E-state index in [1.807, 2.05) is 36.4 Å². The van der Waals surface area contributed by atoms with E-state index in [4.69, 9.17) is 14.4 Å². The number of furan rings is 1. The molecule has 4 heterocycles. The number of hydrogen-bond donors (Lipinski definition) is 0. The lowest BCUT2D eigenvalue weighted by atomic mass is 10.1. The Bertz CT molecular complexity index is 2750. The van der Waals surface area contributed by atoms with Crippen molar-refractivity contribution in [2.45, 2.75) is 0 Å². The Kier molecular flexibility index (Phi) is 4.93. The quantitative estimate of drug-likeness (QED) is 0.210. The lowest BCUT2D eigenvalue weighted by Gasteiger charge is -2.10. The van der Waals surface area contributed by atoms with Gasteiger partial charge >= 0.3 is 0 Å². The van der Waals surface area contributed by atoms with Crippen molar-refractivity contribution in [3.63, 3.8) is 0 Å². The highest BCUT2D eigenvalue weighted by atomic mass is 16.3. The van der Waals surface area contributed by atoms with Crippen LogP contribution in [0.2, 0.25) is 0 Å². The Morgan fingerprint density at radius 3 is 1.76 bits per heavy atom. The zero-order valence-electron chi connectivity index (χ0n) is 24.1. The SMILES string of the molecule is c1ccc(-c2nc(-n3c4ccccc4c4cc5c6ccccc6n(-c6ccccc6)c5cc43)nc3c2oc2ccccc23)cc1. The number of nitrogens with zero attached hydrogens (tertiary/aromatic N) is 4. The summed E-state index contributed by atoms with van der Waals surface area (Å²) in [6, 6.07) is 50.7. The zero-order valence-corrected chi connectivity index (χ0v) is 24.1. The highest BCUT2D eigenvalue weighted by molar-refractivity contribution is 6.19. The summed E-state index contributed by atoms with van der Waals surface area (Å²) < 4.78 is 11.0. The highest BCUT2D eigenvalue weighted by Crippen LogP contribution is 2.40. The van der Waals surface area contributed by atoms with Crippen LogP contribution in [0.5, 0.6) is 0 Å². The summed E-state index contributed by atoms with van der Waals surface area (Å²) in [5, 5.41) is 5.74. The summed E-state index contributed by atoms with van der Waals surface area (Å²) in [5.74, 6) is 0.612. The van der Waals surface area contributed by atoms with Gasteiger partial charge in [0.05, 0.1) is 22.1 Å². The molecule has 0 atom stereocenters. The van der Waals surface area contributed by atoms with Gasteiger partial charge in [-0.05, 0) is 48.5 Å². The maximum Gasteiger partial charge on any atom is 0.236 e. The largest absolute Gasteiger partial charge is 0.452 e. The van der Waals surface area contributed by atoms with Crippen LogP contribution in [0.15, 0.2) is 150 Å². The first kappa shape index (κ1) is 24.3. The standard InChI is InChI=1S/C40H24N4O/c1-3-13-25(14-4-1)37-39-38(29-19-9-12-22-36(29)45-39)42-40(41-37)44-33-21-11-8-18-28(33)31-23-30-27-17-7-10-20-32(27)43(34(30)24-35(31)44)26-15-5-2-6-16-26/h1-24H. The first-order valence-corrected chi connectivity index (χ1v) is 15.1. The fraction of sp³-hybridized carbons (Fsp3) is 0. The van der Waals surface area contributed by atoms with E-state index in [0.717, 1.165) is 60.8 Å². The smallest absolute Gasteiger partial charge is 0.236 e. The molecule has 10 rings (SSSR count). The number of rotatable bonds is 3. The molecule has 0 aliphatic rings. The molecule has 0 aliphatic heterocycles. The van der Waals surface area contributed by atoms with E-state index in [2.05, 4.69) is 118 Å². The van der Waals surface area contributed by atoms with Crippen LogP contribution in [0, 0.1) is 0 Å². The highest BCUT2D eigenvalue weighted by Gasteiger charge is 2.22. The predicted octanol–water partition coefficient (Wildman–Crippen LogP) is 10.2. The summed E-state index contributed by atoms with van der Waals surface area (Å²) in [4.78, 5) is 10.5. The Hall–Kier alpha value is -6.20. The second-order valence-electron chi connectivity index (χ2n) is 11.4. The average molecular weight is 577 g/mol. The molecule has 4 aromatic heterocycles. The Morgan fingerprint density at radius 2 is 1.02 bits per heavy atom. The van der Waals surface area contributed by atoms with Gasteiger partial charge in [-0.15, -0.1) is 0 Å². The minimum Gasteiger partial charge on any atom is -0.452 e. The molecule has 0 saturated carbocycles. The van der Waals surface area contributed by atoms with Crippen LogP contribution >= 0.6 is 0 Å². The number of benzene rings is 6. The summed E-state index contributed by atoms with van der Waals surface area (Å²) >= 11 is 0. The van der Waals surface area contributed by atoms with Crippen molar-refractivity contribution in [1.29, 1.82) is 0 Å². The number of para-hydroxylation sites is 4. The molecule has 5 nitrogen and oxygen atoms in total. The molecule has 6 aromatic carbocycles. The third kappa shape index (κ3) is 3.43. The predicted molar refractivity (Wildman–Crippen MR) is 183 cm³/mol. The Balaban J connectivity index is 1.37. The summed E-state index contributed by atoms with van der Waals surface area (Å²) in [7, 11) is 0. The molecule has 0 aliphatic carbocycles. The lowest BCUT2D eigenvalue weighted by Crippen LogP contribution is -2.03. The molecule has 0 amide bonds. The molecule has 0 radical (unpaired) electrons. The van der Waals surface area contributed by atoms with Gasteiger partial charge in [0, 0.05) is 38.2 Å². The molecule has 210 valence electrons. The number of aromatic nitrogens is 4. The van der Waals surface area contributed by atoms with Crippen molar-refractivity contribution in [2.75, 3.05) is 0 Å². The Morgan fingerprint density at radius 1 is 0.444 bits per heavy atom. The summed E-state index contributed by atoms with van der Waals surface area (Å²) in [6.07, 6.45) is 0.